The largest absolute Gasteiger partial charge is 0.497 e. The summed E-state index contributed by atoms with van der Waals surface area (Å²) in [5.41, 5.74) is 6.43. The summed E-state index contributed by atoms with van der Waals surface area (Å²) in [5.74, 6) is 0.598. The minimum Gasteiger partial charge on any atom is -0.497 e. The van der Waals surface area contributed by atoms with E-state index in [1.54, 1.807) is 19.1 Å². The first-order valence-electron chi connectivity index (χ1n) is 8.46. The van der Waals surface area contributed by atoms with Crippen LogP contribution in [-0.4, -0.2) is 44.0 Å². The van der Waals surface area contributed by atoms with Gasteiger partial charge >= 0.3 is 0 Å². The number of hydrogen-bond acceptors (Lipinski definition) is 4. The van der Waals surface area contributed by atoms with E-state index < -0.39 is 0 Å². The number of benzene rings is 1. The minimum absolute atomic E-state index is 0.00666. The van der Waals surface area contributed by atoms with Gasteiger partial charge in [-0.2, -0.15) is 0 Å². The topological polar surface area (TPSA) is 84.7 Å². The molecule has 0 aliphatic carbocycles. The third-order valence-corrected chi connectivity index (χ3v) is 4.59. The number of nitrogens with one attached hydrogen (secondary N) is 1. The molecule has 1 saturated heterocycles. The summed E-state index contributed by atoms with van der Waals surface area (Å²) in [5, 5.41) is 2.99. The van der Waals surface area contributed by atoms with Gasteiger partial charge in [0.05, 0.1) is 19.1 Å². The molecule has 132 valence electrons. The van der Waals surface area contributed by atoms with Crippen molar-refractivity contribution in [2.45, 2.75) is 31.7 Å². The third-order valence-electron chi connectivity index (χ3n) is 4.59. The summed E-state index contributed by atoms with van der Waals surface area (Å²) in [4.78, 5) is 26.4. The Morgan fingerprint density at radius 2 is 2.04 bits per heavy atom. The Hall–Kier alpha value is -2.08. The van der Waals surface area contributed by atoms with Crippen molar-refractivity contribution in [1.82, 2.24) is 10.2 Å². The Labute approximate surface area is 143 Å². The smallest absolute Gasteiger partial charge is 0.225 e. The molecule has 2 amide bonds. The molecule has 0 spiro atoms. The predicted octanol–water partition coefficient (Wildman–Crippen LogP) is 1.46. The quantitative estimate of drug-likeness (QED) is 0.740. The maximum absolute atomic E-state index is 12.6. The van der Waals surface area contributed by atoms with Gasteiger partial charge in [0.15, 0.2) is 0 Å². The number of nitrogens with two attached hydrogens (primary N) is 1. The van der Waals surface area contributed by atoms with Crippen LogP contribution in [0, 0.1) is 5.92 Å². The molecule has 1 fully saturated rings. The summed E-state index contributed by atoms with van der Waals surface area (Å²) >= 11 is 0. The Balaban J connectivity index is 2.14. The van der Waals surface area contributed by atoms with Crippen LogP contribution < -0.4 is 15.8 Å². The first kappa shape index (κ1) is 18.3. The number of piperidine rings is 1. The Morgan fingerprint density at radius 3 is 2.67 bits per heavy atom. The number of amides is 2. The van der Waals surface area contributed by atoms with Crippen LogP contribution in [-0.2, 0) is 9.59 Å². The van der Waals surface area contributed by atoms with Gasteiger partial charge in [-0.3, -0.25) is 9.59 Å². The van der Waals surface area contributed by atoms with Gasteiger partial charge in [0.1, 0.15) is 5.75 Å². The highest BCUT2D eigenvalue weighted by Crippen LogP contribution is 2.36. The number of nitrogens with zero attached hydrogens (tertiary/aromatic N) is 1. The summed E-state index contributed by atoms with van der Waals surface area (Å²) < 4.78 is 5.18. The van der Waals surface area contributed by atoms with Gasteiger partial charge in [-0.1, -0.05) is 12.1 Å². The number of rotatable bonds is 7. The summed E-state index contributed by atoms with van der Waals surface area (Å²) in [7, 11) is 3.38. The number of methoxy groups -OCH3 is 1. The number of likely N-dealkylation sites (tertiary alicyclic amines) is 1. The van der Waals surface area contributed by atoms with E-state index in [1.165, 1.54) is 0 Å². The van der Waals surface area contributed by atoms with Gasteiger partial charge in [-0.25, -0.2) is 0 Å². The van der Waals surface area contributed by atoms with Gasteiger partial charge in [0.25, 0.3) is 0 Å². The molecule has 0 aromatic heterocycles. The molecular formula is C18H27N3O3. The highest BCUT2D eigenvalue weighted by molar-refractivity contribution is 5.84. The molecule has 2 atom stereocenters. The van der Waals surface area contributed by atoms with Crippen molar-refractivity contribution in [2.75, 3.05) is 27.2 Å². The molecule has 6 heteroatoms. The fourth-order valence-corrected chi connectivity index (χ4v) is 3.18. The molecule has 0 bridgehead atoms. The Morgan fingerprint density at radius 1 is 1.33 bits per heavy atom. The lowest BCUT2D eigenvalue weighted by Gasteiger charge is -2.38. The van der Waals surface area contributed by atoms with Crippen LogP contribution in [0.5, 0.6) is 5.75 Å². The summed E-state index contributed by atoms with van der Waals surface area (Å²) in [6.07, 6.45) is 2.74. The second-order valence-electron chi connectivity index (χ2n) is 6.15. The lowest BCUT2D eigenvalue weighted by molar-refractivity contribution is -0.141. The van der Waals surface area contributed by atoms with Crippen molar-refractivity contribution in [3.05, 3.63) is 29.8 Å². The van der Waals surface area contributed by atoms with Gasteiger partial charge in [-0.05, 0) is 43.5 Å². The fraction of sp³-hybridized carbons (Fsp3) is 0.556. The average Bonchev–Trinajstić information content (AvgIpc) is 2.61. The van der Waals surface area contributed by atoms with Crippen molar-refractivity contribution in [2.24, 2.45) is 11.7 Å². The standard InChI is InChI=1S/C18H27N3O3/c1-21-16(22)10-9-15(18(23)20-12-4-3-11-19)17(21)13-5-7-14(24-2)8-6-13/h5-8,15,17H,3-4,9-12,19H2,1-2H3,(H,20,23). The molecule has 6 nitrogen and oxygen atoms in total. The second-order valence-corrected chi connectivity index (χ2v) is 6.15. The first-order valence-corrected chi connectivity index (χ1v) is 8.46. The van der Waals surface area contributed by atoms with Crippen molar-refractivity contribution in [3.63, 3.8) is 0 Å². The molecule has 1 heterocycles. The van der Waals surface area contributed by atoms with E-state index in [9.17, 15) is 9.59 Å². The Bertz CT molecular complexity index is 559. The molecule has 1 aliphatic rings. The molecule has 3 N–H and O–H groups in total. The number of carbonyl (C=O) groups is 2. The lowest BCUT2D eigenvalue weighted by atomic mass is 9.84. The van der Waals surface area contributed by atoms with Crippen LogP contribution >= 0.6 is 0 Å². The van der Waals surface area contributed by atoms with E-state index in [2.05, 4.69) is 5.32 Å². The normalized spacial score (nSPS) is 20.8. The van der Waals surface area contributed by atoms with Crippen LogP contribution in [0.25, 0.3) is 0 Å². The van der Waals surface area contributed by atoms with Gasteiger partial charge in [0.2, 0.25) is 11.8 Å². The number of ether oxygens (including phenoxy) is 1. The summed E-state index contributed by atoms with van der Waals surface area (Å²) in [6.45, 7) is 1.25. The van der Waals surface area contributed by atoms with E-state index in [1.807, 2.05) is 24.3 Å². The number of unbranched alkanes of at least 4 members (excludes halogenated alkanes) is 1. The lowest BCUT2D eigenvalue weighted by Crippen LogP contribution is -2.46. The molecule has 1 aromatic rings. The number of hydrogen-bond donors (Lipinski definition) is 2. The van der Waals surface area contributed by atoms with E-state index in [0.29, 0.717) is 25.9 Å². The van der Waals surface area contributed by atoms with Gasteiger partial charge in [0, 0.05) is 20.0 Å². The molecule has 2 rings (SSSR count). The first-order chi connectivity index (χ1) is 11.6. The van der Waals surface area contributed by atoms with Crippen LogP contribution in [0.15, 0.2) is 24.3 Å². The predicted molar refractivity (Wildman–Crippen MR) is 92.5 cm³/mol. The molecule has 0 radical (unpaired) electrons. The molecular weight excluding hydrogens is 306 g/mol. The molecule has 1 aliphatic heterocycles. The highest BCUT2D eigenvalue weighted by atomic mass is 16.5. The molecule has 2 unspecified atom stereocenters. The third kappa shape index (κ3) is 4.26. The van der Waals surface area contributed by atoms with Crippen molar-refractivity contribution in [1.29, 1.82) is 0 Å². The van der Waals surface area contributed by atoms with Crippen molar-refractivity contribution < 1.29 is 14.3 Å². The summed E-state index contributed by atoms with van der Waals surface area (Å²) in [6, 6.07) is 7.32. The number of carbonyl (C=O) groups excluding carboxylic acids is 2. The van der Waals surface area contributed by atoms with E-state index in [0.717, 1.165) is 24.2 Å². The van der Waals surface area contributed by atoms with E-state index in [-0.39, 0.29) is 23.8 Å². The zero-order chi connectivity index (χ0) is 17.5. The van der Waals surface area contributed by atoms with Crippen molar-refractivity contribution >= 4 is 11.8 Å². The minimum atomic E-state index is -0.244. The van der Waals surface area contributed by atoms with Gasteiger partial charge in [-0.15, -0.1) is 0 Å². The second kappa shape index (κ2) is 8.68. The van der Waals surface area contributed by atoms with E-state index >= 15 is 0 Å². The monoisotopic (exact) mass is 333 g/mol. The zero-order valence-corrected chi connectivity index (χ0v) is 14.5. The zero-order valence-electron chi connectivity index (χ0n) is 14.5. The maximum atomic E-state index is 12.6. The fourth-order valence-electron chi connectivity index (χ4n) is 3.18. The molecule has 24 heavy (non-hydrogen) atoms. The highest BCUT2D eigenvalue weighted by Gasteiger charge is 2.38. The van der Waals surface area contributed by atoms with Crippen LogP contribution in [0.4, 0.5) is 0 Å². The Kier molecular flexibility index (Phi) is 6.61. The molecule has 1 aromatic carbocycles. The van der Waals surface area contributed by atoms with E-state index in [4.69, 9.17) is 10.5 Å². The van der Waals surface area contributed by atoms with Crippen LogP contribution in [0.3, 0.4) is 0 Å². The van der Waals surface area contributed by atoms with Gasteiger partial charge < -0.3 is 20.7 Å². The van der Waals surface area contributed by atoms with Crippen LogP contribution in [0.1, 0.15) is 37.3 Å². The average molecular weight is 333 g/mol. The SMILES string of the molecule is COc1ccc(C2C(C(=O)NCCCCN)CCC(=O)N2C)cc1. The maximum Gasteiger partial charge on any atom is 0.225 e. The molecule has 0 saturated carbocycles. The van der Waals surface area contributed by atoms with Crippen LogP contribution in [0.2, 0.25) is 0 Å². The van der Waals surface area contributed by atoms with Crippen molar-refractivity contribution in [3.8, 4) is 5.75 Å².